The van der Waals surface area contributed by atoms with Crippen molar-refractivity contribution in [2.45, 2.75) is 19.0 Å². The fourth-order valence-corrected chi connectivity index (χ4v) is 2.07. The lowest BCUT2D eigenvalue weighted by Gasteiger charge is -2.17. The maximum Gasteiger partial charge on any atom is 0.417 e. The standard InChI is InChI=1S/C16H9F7O2/c17-11-3-10(7-24)4-12(6-11)25-8-9-1-2-13(15(18,19)20)14(5-9)16(21,22)23/h1-7H,8H2. The lowest BCUT2D eigenvalue weighted by Crippen LogP contribution is -2.17. The van der Waals surface area contributed by atoms with E-state index >= 15 is 0 Å². The summed E-state index contributed by atoms with van der Waals surface area (Å²) < 4.78 is 94.9. The lowest BCUT2D eigenvalue weighted by molar-refractivity contribution is -0.162. The van der Waals surface area contributed by atoms with E-state index in [2.05, 4.69) is 0 Å². The number of hydrogen-bond acceptors (Lipinski definition) is 2. The highest BCUT2D eigenvalue weighted by atomic mass is 19.4. The van der Waals surface area contributed by atoms with E-state index in [1.807, 2.05) is 0 Å². The molecule has 134 valence electrons. The molecule has 0 N–H and O–H groups in total. The van der Waals surface area contributed by atoms with E-state index in [1.54, 1.807) is 0 Å². The zero-order valence-electron chi connectivity index (χ0n) is 12.2. The van der Waals surface area contributed by atoms with Crippen LogP contribution in [0.1, 0.15) is 27.0 Å². The highest BCUT2D eigenvalue weighted by Gasteiger charge is 2.43. The van der Waals surface area contributed by atoms with Gasteiger partial charge in [0.15, 0.2) is 0 Å². The molecule has 2 nitrogen and oxygen atoms in total. The number of carbonyl (C=O) groups is 1. The molecule has 0 atom stereocenters. The van der Waals surface area contributed by atoms with Crippen LogP contribution < -0.4 is 4.74 Å². The Balaban J connectivity index is 2.29. The van der Waals surface area contributed by atoms with Gasteiger partial charge in [-0.15, -0.1) is 0 Å². The van der Waals surface area contributed by atoms with Crippen molar-refractivity contribution >= 4 is 6.29 Å². The zero-order valence-corrected chi connectivity index (χ0v) is 12.2. The summed E-state index contributed by atoms with van der Waals surface area (Å²) >= 11 is 0. The van der Waals surface area contributed by atoms with Crippen LogP contribution in [-0.2, 0) is 19.0 Å². The molecule has 0 aliphatic carbocycles. The van der Waals surface area contributed by atoms with Crippen LogP contribution in [0.15, 0.2) is 36.4 Å². The Bertz CT molecular complexity index is 779. The van der Waals surface area contributed by atoms with E-state index in [4.69, 9.17) is 4.74 Å². The predicted molar refractivity (Wildman–Crippen MR) is 72.6 cm³/mol. The average Bonchev–Trinajstić information content (AvgIpc) is 2.50. The van der Waals surface area contributed by atoms with Crippen LogP contribution in [0.5, 0.6) is 5.75 Å². The number of ether oxygens (including phenoxy) is 1. The summed E-state index contributed by atoms with van der Waals surface area (Å²) in [6, 6.07) is 4.41. The first kappa shape index (κ1) is 18.8. The van der Waals surface area contributed by atoms with E-state index in [0.717, 1.165) is 24.3 Å². The molecule has 2 rings (SSSR count). The molecule has 0 amide bonds. The van der Waals surface area contributed by atoms with Crippen LogP contribution in [0.4, 0.5) is 30.7 Å². The summed E-state index contributed by atoms with van der Waals surface area (Å²) in [7, 11) is 0. The molecule has 0 aliphatic rings. The Morgan fingerprint density at radius 3 is 2.08 bits per heavy atom. The molecule has 9 heteroatoms. The number of rotatable bonds is 4. The monoisotopic (exact) mass is 366 g/mol. The molecule has 0 heterocycles. The van der Waals surface area contributed by atoms with Gasteiger partial charge in [0, 0.05) is 11.6 Å². The van der Waals surface area contributed by atoms with Gasteiger partial charge >= 0.3 is 12.4 Å². The quantitative estimate of drug-likeness (QED) is 0.545. The first-order chi connectivity index (χ1) is 11.5. The van der Waals surface area contributed by atoms with Gasteiger partial charge in [0.1, 0.15) is 24.5 Å². The Morgan fingerprint density at radius 2 is 1.52 bits per heavy atom. The molecule has 0 saturated heterocycles. The summed E-state index contributed by atoms with van der Waals surface area (Å²) in [5, 5.41) is 0. The minimum absolute atomic E-state index is 0.0570. The molecule has 0 fully saturated rings. The third-order valence-corrected chi connectivity index (χ3v) is 3.13. The maximum atomic E-state index is 13.2. The highest BCUT2D eigenvalue weighted by Crippen LogP contribution is 2.40. The van der Waals surface area contributed by atoms with Gasteiger partial charge in [-0.3, -0.25) is 4.79 Å². The van der Waals surface area contributed by atoms with Crippen molar-refractivity contribution in [3.05, 3.63) is 64.5 Å². The number of aldehydes is 1. The third kappa shape index (κ3) is 4.71. The van der Waals surface area contributed by atoms with E-state index in [-0.39, 0.29) is 16.9 Å². The van der Waals surface area contributed by atoms with Gasteiger partial charge < -0.3 is 4.74 Å². The molecular formula is C16H9F7O2. The van der Waals surface area contributed by atoms with Gasteiger partial charge in [0.25, 0.3) is 0 Å². The first-order valence-electron chi connectivity index (χ1n) is 6.66. The minimum atomic E-state index is -5.20. The van der Waals surface area contributed by atoms with Gasteiger partial charge in [-0.25, -0.2) is 4.39 Å². The number of alkyl halides is 6. The zero-order chi connectivity index (χ0) is 18.8. The van der Waals surface area contributed by atoms with Gasteiger partial charge in [-0.05, 0) is 29.8 Å². The summed E-state index contributed by atoms with van der Waals surface area (Å²) in [4.78, 5) is 10.6. The third-order valence-electron chi connectivity index (χ3n) is 3.13. The van der Waals surface area contributed by atoms with Gasteiger partial charge in [-0.1, -0.05) is 6.07 Å². The van der Waals surface area contributed by atoms with Crippen molar-refractivity contribution in [3.63, 3.8) is 0 Å². The topological polar surface area (TPSA) is 26.3 Å². The molecule has 0 spiro atoms. The summed E-state index contributed by atoms with van der Waals surface area (Å²) in [5.41, 5.74) is -3.90. The molecule has 0 aliphatic heterocycles. The molecule has 0 bridgehead atoms. The Labute approximate surface area is 136 Å². The number of halogens is 7. The molecule has 0 saturated carbocycles. The smallest absolute Gasteiger partial charge is 0.417 e. The molecule has 2 aromatic rings. The Kier molecular flexibility index (Phi) is 5.05. The fraction of sp³-hybridized carbons (Fsp3) is 0.188. The maximum absolute atomic E-state index is 13.2. The second kappa shape index (κ2) is 6.73. The largest absolute Gasteiger partial charge is 0.489 e. The van der Waals surface area contributed by atoms with Crippen molar-refractivity contribution in [2.75, 3.05) is 0 Å². The lowest BCUT2D eigenvalue weighted by atomic mass is 10.0. The first-order valence-corrected chi connectivity index (χ1v) is 6.66. The normalized spacial score (nSPS) is 12.1. The number of carbonyl (C=O) groups excluding carboxylic acids is 1. The van der Waals surface area contributed by atoms with Crippen LogP contribution in [0.25, 0.3) is 0 Å². The van der Waals surface area contributed by atoms with Crippen molar-refractivity contribution in [1.29, 1.82) is 0 Å². The van der Waals surface area contributed by atoms with Crippen LogP contribution in [-0.4, -0.2) is 6.29 Å². The summed E-state index contributed by atoms with van der Waals surface area (Å²) in [6.07, 6.45) is -10.0. The van der Waals surface area contributed by atoms with Crippen molar-refractivity contribution in [3.8, 4) is 5.75 Å². The van der Waals surface area contributed by atoms with Gasteiger partial charge in [0.2, 0.25) is 0 Å². The average molecular weight is 366 g/mol. The van der Waals surface area contributed by atoms with E-state index in [0.29, 0.717) is 18.4 Å². The molecule has 0 radical (unpaired) electrons. The van der Waals surface area contributed by atoms with Gasteiger partial charge in [0.05, 0.1) is 11.1 Å². The van der Waals surface area contributed by atoms with Crippen LogP contribution in [0.2, 0.25) is 0 Å². The highest BCUT2D eigenvalue weighted by molar-refractivity contribution is 5.75. The van der Waals surface area contributed by atoms with E-state index in [1.165, 1.54) is 0 Å². The molecule has 0 aromatic heterocycles. The molecule has 25 heavy (non-hydrogen) atoms. The second-order valence-electron chi connectivity index (χ2n) is 5.00. The van der Waals surface area contributed by atoms with Crippen LogP contribution in [0, 0.1) is 5.82 Å². The van der Waals surface area contributed by atoms with Gasteiger partial charge in [-0.2, -0.15) is 26.3 Å². The van der Waals surface area contributed by atoms with Crippen LogP contribution >= 0.6 is 0 Å². The van der Waals surface area contributed by atoms with Crippen molar-refractivity contribution in [1.82, 2.24) is 0 Å². The summed E-state index contributed by atoms with van der Waals surface area (Å²) in [5.74, 6) is -0.946. The molecule has 2 aromatic carbocycles. The Morgan fingerprint density at radius 1 is 0.880 bits per heavy atom. The minimum Gasteiger partial charge on any atom is -0.489 e. The SMILES string of the molecule is O=Cc1cc(F)cc(OCc2ccc(C(F)(F)F)c(C(F)(F)F)c2)c1. The molecular weight excluding hydrogens is 357 g/mol. The fourth-order valence-electron chi connectivity index (χ4n) is 2.07. The van der Waals surface area contributed by atoms with E-state index < -0.39 is 35.9 Å². The number of benzene rings is 2. The van der Waals surface area contributed by atoms with Crippen LogP contribution in [0.3, 0.4) is 0 Å². The predicted octanol–water partition coefficient (Wildman–Crippen LogP) is 5.25. The number of hydrogen-bond donors (Lipinski definition) is 0. The van der Waals surface area contributed by atoms with E-state index in [9.17, 15) is 35.5 Å². The summed E-state index contributed by atoms with van der Waals surface area (Å²) in [6.45, 7) is -0.539. The second-order valence-corrected chi connectivity index (χ2v) is 5.00. The molecule has 0 unspecified atom stereocenters. The van der Waals surface area contributed by atoms with Crippen molar-refractivity contribution < 1.29 is 40.3 Å². The Hall–Kier alpha value is -2.58. The van der Waals surface area contributed by atoms with Crippen molar-refractivity contribution in [2.24, 2.45) is 0 Å².